The lowest BCUT2D eigenvalue weighted by atomic mass is 10.0. The molecule has 0 aliphatic carbocycles. The molecule has 1 amide bonds. The monoisotopic (exact) mass is 414 g/mol. The van der Waals surface area contributed by atoms with E-state index in [9.17, 15) is 22.8 Å². The van der Waals surface area contributed by atoms with Gasteiger partial charge in [0.2, 0.25) is 5.43 Å². The highest BCUT2D eigenvalue weighted by Gasteiger charge is 2.37. The number of rotatable bonds is 3. The summed E-state index contributed by atoms with van der Waals surface area (Å²) in [5.41, 5.74) is 5.45. The number of thiophene rings is 1. The van der Waals surface area contributed by atoms with Crippen LogP contribution in [0.3, 0.4) is 0 Å². The standard InChI is InChI=1S/C21H13F3N2O2S/c22-21(23,24)19-17(12-6-2-1-3-7-12)16(11-29-19)26-10-14(20(25)28)18(27)13-8-4-5-9-15(13)26/h1-11H,(H2,25,28). The number of carbonyl (C=O) groups excluding carboxylic acids is 1. The molecule has 0 atom stereocenters. The molecule has 0 fully saturated rings. The molecule has 4 nitrogen and oxygen atoms in total. The third-order valence-corrected chi connectivity index (χ3v) is 5.54. The molecule has 0 spiro atoms. The SMILES string of the molecule is NC(=O)c1cn(-c2csc(C(F)(F)F)c2-c2ccccc2)c2ccccc2c1=O. The highest BCUT2D eigenvalue weighted by Crippen LogP contribution is 2.45. The number of nitrogens with zero attached hydrogens (tertiary/aromatic N) is 1. The van der Waals surface area contributed by atoms with E-state index in [1.54, 1.807) is 48.5 Å². The highest BCUT2D eigenvalue weighted by molar-refractivity contribution is 7.11. The van der Waals surface area contributed by atoms with Crippen LogP contribution in [0.25, 0.3) is 27.7 Å². The van der Waals surface area contributed by atoms with Crippen LogP contribution in [-0.2, 0) is 6.18 Å². The quantitative estimate of drug-likeness (QED) is 0.522. The number of aromatic nitrogens is 1. The van der Waals surface area contributed by atoms with Crippen molar-refractivity contribution < 1.29 is 18.0 Å². The van der Waals surface area contributed by atoms with E-state index in [0.29, 0.717) is 22.4 Å². The van der Waals surface area contributed by atoms with E-state index in [-0.39, 0.29) is 22.2 Å². The van der Waals surface area contributed by atoms with Gasteiger partial charge in [-0.1, -0.05) is 42.5 Å². The van der Waals surface area contributed by atoms with Gasteiger partial charge in [0.15, 0.2) is 0 Å². The summed E-state index contributed by atoms with van der Waals surface area (Å²) < 4.78 is 42.6. The largest absolute Gasteiger partial charge is 0.426 e. The van der Waals surface area contributed by atoms with E-state index in [1.807, 2.05) is 0 Å². The molecule has 0 aliphatic heterocycles. The Balaban J connectivity index is 2.13. The number of para-hydroxylation sites is 1. The summed E-state index contributed by atoms with van der Waals surface area (Å²) >= 11 is 0.560. The van der Waals surface area contributed by atoms with Crippen molar-refractivity contribution in [3.63, 3.8) is 0 Å². The lowest BCUT2D eigenvalue weighted by molar-refractivity contribution is -0.133. The van der Waals surface area contributed by atoms with Gasteiger partial charge in [-0.25, -0.2) is 0 Å². The van der Waals surface area contributed by atoms with Gasteiger partial charge in [0.05, 0.1) is 11.2 Å². The number of carbonyl (C=O) groups is 1. The topological polar surface area (TPSA) is 65.1 Å². The number of pyridine rings is 1. The van der Waals surface area contributed by atoms with Crippen LogP contribution in [0.2, 0.25) is 0 Å². The lowest BCUT2D eigenvalue weighted by Gasteiger charge is -2.15. The highest BCUT2D eigenvalue weighted by atomic mass is 32.1. The van der Waals surface area contributed by atoms with E-state index in [4.69, 9.17) is 5.73 Å². The fourth-order valence-electron chi connectivity index (χ4n) is 3.27. The second kappa shape index (κ2) is 6.89. The number of fused-ring (bicyclic) bond motifs is 1. The van der Waals surface area contributed by atoms with Gasteiger partial charge in [-0.2, -0.15) is 13.2 Å². The van der Waals surface area contributed by atoms with Crippen LogP contribution in [0.1, 0.15) is 15.2 Å². The molecule has 2 N–H and O–H groups in total. The molecule has 4 rings (SSSR count). The number of amides is 1. The van der Waals surface area contributed by atoms with Crippen molar-refractivity contribution in [1.82, 2.24) is 4.57 Å². The molecule has 0 radical (unpaired) electrons. The van der Waals surface area contributed by atoms with Crippen molar-refractivity contribution in [3.05, 3.63) is 86.8 Å². The Labute approximate surface area is 166 Å². The van der Waals surface area contributed by atoms with Crippen molar-refractivity contribution in [3.8, 4) is 16.8 Å². The minimum atomic E-state index is -4.56. The zero-order valence-corrected chi connectivity index (χ0v) is 15.6. The fraction of sp³-hybridized carbons (Fsp3) is 0.0476. The van der Waals surface area contributed by atoms with Crippen LogP contribution < -0.4 is 11.2 Å². The normalized spacial score (nSPS) is 11.7. The summed E-state index contributed by atoms with van der Waals surface area (Å²) in [5, 5.41) is 1.56. The van der Waals surface area contributed by atoms with Gasteiger partial charge < -0.3 is 10.3 Å². The van der Waals surface area contributed by atoms with E-state index >= 15 is 0 Å². The van der Waals surface area contributed by atoms with Gasteiger partial charge in [-0.3, -0.25) is 9.59 Å². The maximum atomic E-state index is 13.7. The minimum Gasteiger partial charge on any atom is -0.365 e. The van der Waals surface area contributed by atoms with Gasteiger partial charge >= 0.3 is 6.18 Å². The first kappa shape index (κ1) is 18.9. The molecule has 146 valence electrons. The van der Waals surface area contributed by atoms with Crippen molar-refractivity contribution in [1.29, 1.82) is 0 Å². The van der Waals surface area contributed by atoms with Crippen LogP contribution in [0.4, 0.5) is 13.2 Å². The van der Waals surface area contributed by atoms with Gasteiger partial charge in [-0.15, -0.1) is 11.3 Å². The Morgan fingerprint density at radius 3 is 2.31 bits per heavy atom. The molecule has 0 aliphatic rings. The summed E-state index contributed by atoms with van der Waals surface area (Å²) in [5.74, 6) is -0.943. The van der Waals surface area contributed by atoms with E-state index in [2.05, 4.69) is 0 Å². The first-order valence-electron chi connectivity index (χ1n) is 8.47. The third kappa shape index (κ3) is 3.21. The zero-order chi connectivity index (χ0) is 20.8. The van der Waals surface area contributed by atoms with E-state index in [1.165, 1.54) is 22.2 Å². The number of alkyl halides is 3. The predicted molar refractivity (Wildman–Crippen MR) is 106 cm³/mol. The number of halogens is 3. The summed E-state index contributed by atoms with van der Waals surface area (Å²) in [6, 6.07) is 14.6. The lowest BCUT2D eigenvalue weighted by Crippen LogP contribution is -2.23. The summed E-state index contributed by atoms with van der Waals surface area (Å²) in [6.45, 7) is 0. The molecule has 2 aromatic carbocycles. The van der Waals surface area contributed by atoms with Gasteiger partial charge in [0.1, 0.15) is 10.4 Å². The van der Waals surface area contributed by atoms with Crippen LogP contribution in [-0.4, -0.2) is 10.5 Å². The molecular formula is C21H13F3N2O2S. The van der Waals surface area contributed by atoms with E-state index in [0.717, 1.165) is 0 Å². The minimum absolute atomic E-state index is 0.0210. The Morgan fingerprint density at radius 2 is 1.66 bits per heavy atom. The van der Waals surface area contributed by atoms with Crippen molar-refractivity contribution >= 4 is 28.1 Å². The molecule has 29 heavy (non-hydrogen) atoms. The van der Waals surface area contributed by atoms with Crippen molar-refractivity contribution in [2.75, 3.05) is 0 Å². The van der Waals surface area contributed by atoms with Crippen LogP contribution >= 0.6 is 11.3 Å². The maximum absolute atomic E-state index is 13.7. The zero-order valence-electron chi connectivity index (χ0n) is 14.7. The molecule has 0 bridgehead atoms. The fourth-order valence-corrected chi connectivity index (χ4v) is 4.21. The van der Waals surface area contributed by atoms with Crippen molar-refractivity contribution in [2.45, 2.75) is 6.18 Å². The molecule has 0 saturated heterocycles. The number of hydrogen-bond donors (Lipinski definition) is 1. The van der Waals surface area contributed by atoms with Crippen LogP contribution in [0, 0.1) is 0 Å². The predicted octanol–water partition coefficient (Wildman–Crippen LogP) is 4.84. The van der Waals surface area contributed by atoms with Crippen molar-refractivity contribution in [2.24, 2.45) is 5.73 Å². The van der Waals surface area contributed by atoms with Crippen LogP contribution in [0.5, 0.6) is 0 Å². The number of nitrogens with two attached hydrogens (primary N) is 1. The average molecular weight is 414 g/mol. The maximum Gasteiger partial charge on any atom is 0.426 e. The van der Waals surface area contributed by atoms with Gasteiger partial charge in [-0.05, 0) is 17.7 Å². The molecule has 4 aromatic rings. The number of benzene rings is 2. The number of primary amides is 1. The first-order valence-corrected chi connectivity index (χ1v) is 9.35. The van der Waals surface area contributed by atoms with E-state index < -0.39 is 22.4 Å². The Kier molecular flexibility index (Phi) is 4.50. The second-order valence-electron chi connectivity index (χ2n) is 6.31. The Morgan fingerprint density at radius 1 is 1.00 bits per heavy atom. The Hall–Kier alpha value is -3.39. The van der Waals surface area contributed by atoms with Gasteiger partial charge in [0, 0.05) is 22.5 Å². The second-order valence-corrected chi connectivity index (χ2v) is 7.19. The molecular weight excluding hydrogens is 401 g/mol. The summed E-state index contributed by atoms with van der Waals surface area (Å²) in [7, 11) is 0. The first-order chi connectivity index (χ1) is 13.8. The molecule has 2 aromatic heterocycles. The van der Waals surface area contributed by atoms with Gasteiger partial charge in [0.25, 0.3) is 5.91 Å². The number of hydrogen-bond acceptors (Lipinski definition) is 3. The molecule has 0 saturated carbocycles. The average Bonchev–Trinajstić information content (AvgIpc) is 3.14. The molecule has 2 heterocycles. The van der Waals surface area contributed by atoms with Crippen LogP contribution in [0.15, 0.2) is 71.0 Å². The third-order valence-electron chi connectivity index (χ3n) is 4.53. The smallest absolute Gasteiger partial charge is 0.365 e. The molecule has 8 heteroatoms. The molecule has 0 unspecified atom stereocenters. The summed E-state index contributed by atoms with van der Waals surface area (Å²) in [4.78, 5) is 23.6. The Bertz CT molecular complexity index is 1290. The summed E-state index contributed by atoms with van der Waals surface area (Å²) in [6.07, 6.45) is -3.35.